The Kier molecular flexibility index (Phi) is 5.20. The highest BCUT2D eigenvalue weighted by molar-refractivity contribution is 5.94. The van der Waals surface area contributed by atoms with Crippen molar-refractivity contribution in [3.05, 3.63) is 29.8 Å². The third kappa shape index (κ3) is 4.77. The molecule has 2 rings (SSSR count). The number of nitrogens with one attached hydrogen (secondary N) is 3. The molecule has 0 bridgehead atoms. The Morgan fingerprint density at radius 3 is 2.67 bits per heavy atom. The van der Waals surface area contributed by atoms with Crippen molar-refractivity contribution < 1.29 is 9.59 Å². The van der Waals surface area contributed by atoms with Crippen molar-refractivity contribution in [2.75, 3.05) is 11.9 Å². The Bertz CT molecular complexity index is 497. The summed E-state index contributed by atoms with van der Waals surface area (Å²) in [4.78, 5) is 23.4. The fraction of sp³-hybridized carbons (Fsp3) is 0.500. The van der Waals surface area contributed by atoms with E-state index in [0.29, 0.717) is 12.0 Å². The zero-order valence-electron chi connectivity index (χ0n) is 12.6. The minimum absolute atomic E-state index is 0.0644. The first-order valence-electron chi connectivity index (χ1n) is 7.49. The van der Waals surface area contributed by atoms with E-state index in [1.807, 2.05) is 26.0 Å². The van der Waals surface area contributed by atoms with Crippen LogP contribution < -0.4 is 16.0 Å². The van der Waals surface area contributed by atoms with Crippen molar-refractivity contribution in [2.45, 2.75) is 45.2 Å². The molecule has 0 saturated carbocycles. The van der Waals surface area contributed by atoms with E-state index in [1.54, 1.807) is 12.1 Å². The number of amides is 2. The molecule has 1 aliphatic heterocycles. The van der Waals surface area contributed by atoms with Crippen LogP contribution in [0.1, 0.15) is 43.5 Å². The van der Waals surface area contributed by atoms with Crippen LogP contribution in [0.5, 0.6) is 0 Å². The second-order valence-electron chi connectivity index (χ2n) is 5.74. The first kappa shape index (κ1) is 15.4. The lowest BCUT2D eigenvalue weighted by Gasteiger charge is -2.17. The van der Waals surface area contributed by atoms with E-state index < -0.39 is 0 Å². The normalized spacial score (nSPS) is 18.8. The average molecular weight is 289 g/mol. The van der Waals surface area contributed by atoms with Crippen LogP contribution in [0.4, 0.5) is 5.69 Å². The molecule has 5 heteroatoms. The van der Waals surface area contributed by atoms with E-state index in [0.717, 1.165) is 25.1 Å². The fourth-order valence-electron chi connectivity index (χ4n) is 2.40. The van der Waals surface area contributed by atoms with Gasteiger partial charge in [-0.15, -0.1) is 0 Å². The van der Waals surface area contributed by atoms with Gasteiger partial charge in [-0.05, 0) is 51.0 Å². The van der Waals surface area contributed by atoms with E-state index in [9.17, 15) is 9.59 Å². The summed E-state index contributed by atoms with van der Waals surface area (Å²) in [5.74, 6) is 0.0309. The molecule has 2 amide bonds. The van der Waals surface area contributed by atoms with Gasteiger partial charge in [0.2, 0.25) is 5.91 Å². The van der Waals surface area contributed by atoms with Gasteiger partial charge in [-0.1, -0.05) is 0 Å². The Morgan fingerprint density at radius 2 is 2.00 bits per heavy atom. The van der Waals surface area contributed by atoms with E-state index >= 15 is 0 Å². The summed E-state index contributed by atoms with van der Waals surface area (Å²) >= 11 is 0. The van der Waals surface area contributed by atoms with E-state index in [4.69, 9.17) is 0 Å². The molecule has 1 atom stereocenters. The lowest BCUT2D eigenvalue weighted by molar-refractivity contribution is -0.120. The smallest absolute Gasteiger partial charge is 0.251 e. The fourth-order valence-corrected chi connectivity index (χ4v) is 2.40. The maximum absolute atomic E-state index is 11.9. The van der Waals surface area contributed by atoms with Crippen LogP contribution in [0.25, 0.3) is 0 Å². The Morgan fingerprint density at radius 1 is 1.29 bits per heavy atom. The SMILES string of the molecule is CC(C)NC(=O)c1ccc(NC2CCCNC(=O)C2)cc1. The molecule has 1 unspecified atom stereocenters. The maximum Gasteiger partial charge on any atom is 0.251 e. The van der Waals surface area contributed by atoms with Crippen molar-refractivity contribution in [1.29, 1.82) is 0 Å². The first-order valence-corrected chi connectivity index (χ1v) is 7.49. The van der Waals surface area contributed by atoms with Gasteiger partial charge in [0.25, 0.3) is 5.91 Å². The van der Waals surface area contributed by atoms with Crippen LogP contribution in [0.3, 0.4) is 0 Å². The van der Waals surface area contributed by atoms with Gasteiger partial charge in [0.05, 0.1) is 0 Å². The van der Waals surface area contributed by atoms with Gasteiger partial charge >= 0.3 is 0 Å². The second-order valence-corrected chi connectivity index (χ2v) is 5.74. The predicted octanol–water partition coefficient (Wildman–Crippen LogP) is 1.91. The predicted molar refractivity (Wildman–Crippen MR) is 83.3 cm³/mol. The maximum atomic E-state index is 11.9. The number of rotatable bonds is 4. The lowest BCUT2D eigenvalue weighted by atomic mass is 10.1. The van der Waals surface area contributed by atoms with Gasteiger partial charge < -0.3 is 16.0 Å². The molecular formula is C16H23N3O2. The highest BCUT2D eigenvalue weighted by Crippen LogP contribution is 2.16. The standard InChI is InChI=1S/C16H23N3O2/c1-11(2)18-16(21)12-5-7-13(8-6-12)19-14-4-3-9-17-15(20)10-14/h5-8,11,14,19H,3-4,9-10H2,1-2H3,(H,17,20)(H,18,21). The molecule has 3 N–H and O–H groups in total. The number of hydrogen-bond donors (Lipinski definition) is 3. The van der Waals surface area contributed by atoms with Crippen molar-refractivity contribution in [3.63, 3.8) is 0 Å². The zero-order chi connectivity index (χ0) is 15.2. The number of hydrogen-bond acceptors (Lipinski definition) is 3. The monoisotopic (exact) mass is 289 g/mol. The molecule has 0 radical (unpaired) electrons. The number of carbonyl (C=O) groups excluding carboxylic acids is 2. The highest BCUT2D eigenvalue weighted by Gasteiger charge is 2.17. The van der Waals surface area contributed by atoms with Gasteiger partial charge in [-0.3, -0.25) is 9.59 Å². The Labute approximate surface area is 125 Å². The minimum Gasteiger partial charge on any atom is -0.382 e. The van der Waals surface area contributed by atoms with Crippen molar-refractivity contribution in [2.24, 2.45) is 0 Å². The van der Waals surface area contributed by atoms with Crippen LogP contribution >= 0.6 is 0 Å². The molecule has 1 aliphatic rings. The summed E-state index contributed by atoms with van der Waals surface area (Å²) in [7, 11) is 0. The van der Waals surface area contributed by atoms with Gasteiger partial charge in [0.15, 0.2) is 0 Å². The molecule has 1 saturated heterocycles. The third-order valence-electron chi connectivity index (χ3n) is 3.42. The molecular weight excluding hydrogens is 266 g/mol. The van der Waals surface area contributed by atoms with Crippen LogP contribution in [-0.4, -0.2) is 30.4 Å². The molecule has 1 aromatic carbocycles. The largest absolute Gasteiger partial charge is 0.382 e. The zero-order valence-corrected chi connectivity index (χ0v) is 12.6. The van der Waals surface area contributed by atoms with Gasteiger partial charge in [0.1, 0.15) is 0 Å². The molecule has 114 valence electrons. The summed E-state index contributed by atoms with van der Waals surface area (Å²) in [6.07, 6.45) is 2.45. The Hall–Kier alpha value is -2.04. The average Bonchev–Trinajstić information content (AvgIpc) is 2.63. The lowest BCUT2D eigenvalue weighted by Crippen LogP contribution is -2.30. The first-order chi connectivity index (χ1) is 10.0. The van der Waals surface area contributed by atoms with Gasteiger partial charge in [0, 0.05) is 36.3 Å². The quantitative estimate of drug-likeness (QED) is 0.793. The second kappa shape index (κ2) is 7.11. The number of carbonyl (C=O) groups is 2. The summed E-state index contributed by atoms with van der Waals surface area (Å²) in [6.45, 7) is 4.63. The summed E-state index contributed by atoms with van der Waals surface area (Å²) in [5, 5.41) is 9.10. The van der Waals surface area contributed by atoms with Crippen molar-refractivity contribution in [3.8, 4) is 0 Å². The van der Waals surface area contributed by atoms with E-state index in [2.05, 4.69) is 16.0 Å². The molecule has 1 fully saturated rings. The van der Waals surface area contributed by atoms with Crippen LogP contribution in [0, 0.1) is 0 Å². The number of anilines is 1. The third-order valence-corrected chi connectivity index (χ3v) is 3.42. The van der Waals surface area contributed by atoms with Crippen LogP contribution in [-0.2, 0) is 4.79 Å². The molecule has 1 aromatic rings. The summed E-state index contributed by atoms with van der Waals surface area (Å²) in [5.41, 5.74) is 1.59. The van der Waals surface area contributed by atoms with Crippen molar-refractivity contribution in [1.82, 2.24) is 10.6 Å². The van der Waals surface area contributed by atoms with Gasteiger partial charge in [-0.2, -0.15) is 0 Å². The minimum atomic E-state index is -0.0644. The summed E-state index contributed by atoms with van der Waals surface area (Å²) < 4.78 is 0. The summed E-state index contributed by atoms with van der Waals surface area (Å²) in [6, 6.07) is 7.66. The van der Waals surface area contributed by atoms with Crippen molar-refractivity contribution >= 4 is 17.5 Å². The molecule has 0 aliphatic carbocycles. The molecule has 5 nitrogen and oxygen atoms in total. The molecule has 0 spiro atoms. The van der Waals surface area contributed by atoms with E-state index in [1.165, 1.54) is 0 Å². The molecule has 21 heavy (non-hydrogen) atoms. The Balaban J connectivity index is 1.95. The molecule has 1 heterocycles. The van der Waals surface area contributed by atoms with E-state index in [-0.39, 0.29) is 23.9 Å². The van der Waals surface area contributed by atoms with Crippen LogP contribution in [0.15, 0.2) is 24.3 Å². The van der Waals surface area contributed by atoms with Gasteiger partial charge in [-0.25, -0.2) is 0 Å². The molecule has 0 aromatic heterocycles. The number of benzene rings is 1. The van der Waals surface area contributed by atoms with Crippen LogP contribution in [0.2, 0.25) is 0 Å². The topological polar surface area (TPSA) is 70.2 Å². The highest BCUT2D eigenvalue weighted by atomic mass is 16.2.